The molecule has 22 heavy (non-hydrogen) atoms. The fourth-order valence-corrected chi connectivity index (χ4v) is 2.78. The fourth-order valence-electron chi connectivity index (χ4n) is 2.78. The van der Waals surface area contributed by atoms with Gasteiger partial charge in [0.15, 0.2) is 5.75 Å². The summed E-state index contributed by atoms with van der Waals surface area (Å²) in [4.78, 5) is 29.9. The van der Waals surface area contributed by atoms with Gasteiger partial charge in [-0.2, -0.15) is 10.6 Å². The van der Waals surface area contributed by atoms with Crippen LogP contribution in [0.1, 0.15) is 17.0 Å². The lowest BCUT2D eigenvalue weighted by Gasteiger charge is -2.25. The van der Waals surface area contributed by atoms with Gasteiger partial charge in [0.1, 0.15) is 5.92 Å². The molecule has 1 amide bonds. The van der Waals surface area contributed by atoms with Gasteiger partial charge < -0.3 is 4.84 Å². The number of para-hydroxylation sites is 2. The van der Waals surface area contributed by atoms with Crippen molar-refractivity contribution in [2.75, 3.05) is 0 Å². The van der Waals surface area contributed by atoms with Crippen LogP contribution in [-0.4, -0.2) is 16.1 Å². The van der Waals surface area contributed by atoms with Crippen LogP contribution in [0.2, 0.25) is 0 Å². The molecule has 2 aromatic carbocycles. The first-order valence-electron chi connectivity index (χ1n) is 6.78. The SMILES string of the molecule is O=C1NOc2ccccc2C1c1c(=O)[nH]nc2ccccc12. The minimum atomic E-state index is -0.735. The highest BCUT2D eigenvalue weighted by atomic mass is 16.7. The van der Waals surface area contributed by atoms with E-state index in [0.29, 0.717) is 27.8 Å². The van der Waals surface area contributed by atoms with Gasteiger partial charge in [-0.1, -0.05) is 36.4 Å². The van der Waals surface area contributed by atoms with E-state index in [-0.39, 0.29) is 11.5 Å². The zero-order valence-corrected chi connectivity index (χ0v) is 11.4. The van der Waals surface area contributed by atoms with Crippen molar-refractivity contribution in [3.8, 4) is 5.75 Å². The highest BCUT2D eigenvalue weighted by molar-refractivity contribution is 5.94. The molecule has 0 bridgehead atoms. The Kier molecular flexibility index (Phi) is 2.69. The molecule has 1 aromatic heterocycles. The average molecular weight is 293 g/mol. The van der Waals surface area contributed by atoms with E-state index in [9.17, 15) is 9.59 Å². The number of nitrogens with one attached hydrogen (secondary N) is 2. The number of hydrogen-bond acceptors (Lipinski definition) is 4. The lowest BCUT2D eigenvalue weighted by atomic mass is 9.88. The minimum absolute atomic E-state index is 0.374. The van der Waals surface area contributed by atoms with Crippen molar-refractivity contribution in [1.29, 1.82) is 0 Å². The maximum atomic E-state index is 12.3. The Morgan fingerprint density at radius 3 is 2.68 bits per heavy atom. The van der Waals surface area contributed by atoms with Gasteiger partial charge in [-0.25, -0.2) is 5.10 Å². The highest BCUT2D eigenvalue weighted by Crippen LogP contribution is 2.35. The van der Waals surface area contributed by atoms with E-state index >= 15 is 0 Å². The monoisotopic (exact) mass is 293 g/mol. The third kappa shape index (κ3) is 1.77. The van der Waals surface area contributed by atoms with Gasteiger partial charge >= 0.3 is 0 Å². The number of fused-ring (bicyclic) bond motifs is 2. The summed E-state index contributed by atoms with van der Waals surface area (Å²) in [7, 11) is 0. The maximum absolute atomic E-state index is 12.3. The molecule has 2 N–H and O–H groups in total. The van der Waals surface area contributed by atoms with Crippen LogP contribution in [0.3, 0.4) is 0 Å². The topological polar surface area (TPSA) is 84.1 Å². The number of carbonyl (C=O) groups excluding carboxylic acids is 1. The van der Waals surface area contributed by atoms with Gasteiger partial charge in [-0.15, -0.1) is 0 Å². The van der Waals surface area contributed by atoms with Crippen molar-refractivity contribution in [3.63, 3.8) is 0 Å². The molecule has 0 spiro atoms. The van der Waals surface area contributed by atoms with Crippen molar-refractivity contribution in [1.82, 2.24) is 15.7 Å². The van der Waals surface area contributed by atoms with Gasteiger partial charge in [0, 0.05) is 16.5 Å². The van der Waals surface area contributed by atoms with E-state index in [1.165, 1.54) is 0 Å². The summed E-state index contributed by atoms with van der Waals surface area (Å²) in [6, 6.07) is 14.4. The second kappa shape index (κ2) is 4.70. The van der Waals surface area contributed by atoms with Crippen molar-refractivity contribution in [2.45, 2.75) is 5.92 Å². The summed E-state index contributed by atoms with van der Waals surface area (Å²) in [5, 5.41) is 7.14. The number of nitrogens with zero attached hydrogens (tertiary/aromatic N) is 1. The average Bonchev–Trinajstić information content (AvgIpc) is 2.56. The molecular weight excluding hydrogens is 282 g/mol. The number of H-pyrrole nitrogens is 1. The summed E-state index contributed by atoms with van der Waals surface area (Å²) >= 11 is 0. The number of amides is 1. The molecule has 4 rings (SSSR count). The number of benzene rings is 2. The summed E-state index contributed by atoms with van der Waals surface area (Å²) < 4.78 is 0. The summed E-state index contributed by atoms with van der Waals surface area (Å²) in [5.41, 5.74) is 3.65. The molecule has 1 aliphatic heterocycles. The van der Waals surface area contributed by atoms with Crippen molar-refractivity contribution in [3.05, 3.63) is 70.0 Å². The molecule has 0 saturated carbocycles. The Bertz CT molecular complexity index is 949. The molecular formula is C16H11N3O3. The van der Waals surface area contributed by atoms with E-state index in [1.54, 1.807) is 24.3 Å². The predicted molar refractivity (Wildman–Crippen MR) is 79.4 cm³/mol. The zero-order chi connectivity index (χ0) is 15.1. The van der Waals surface area contributed by atoms with Gasteiger partial charge in [0.2, 0.25) is 0 Å². The molecule has 1 unspecified atom stereocenters. The first-order valence-corrected chi connectivity index (χ1v) is 6.78. The summed E-state index contributed by atoms with van der Waals surface area (Å²) in [5.74, 6) is -0.574. The fraction of sp³-hybridized carbons (Fsp3) is 0.0625. The molecule has 2 heterocycles. The normalized spacial score (nSPS) is 16.7. The Morgan fingerprint density at radius 2 is 1.77 bits per heavy atom. The molecule has 6 heteroatoms. The lowest BCUT2D eigenvalue weighted by molar-refractivity contribution is -0.129. The molecule has 0 fully saturated rings. The summed E-state index contributed by atoms with van der Waals surface area (Å²) in [6.07, 6.45) is 0. The van der Waals surface area contributed by atoms with Crippen LogP contribution in [0.25, 0.3) is 10.9 Å². The molecule has 0 aliphatic carbocycles. The van der Waals surface area contributed by atoms with Crippen LogP contribution in [0, 0.1) is 0 Å². The Hall–Kier alpha value is -3.15. The third-order valence-corrected chi connectivity index (χ3v) is 3.76. The Labute approximate surface area is 124 Å². The second-order valence-corrected chi connectivity index (χ2v) is 5.02. The Balaban J connectivity index is 2.05. The van der Waals surface area contributed by atoms with Crippen molar-refractivity contribution >= 4 is 16.8 Å². The number of aromatic nitrogens is 2. The first kappa shape index (κ1) is 12.6. The van der Waals surface area contributed by atoms with Crippen LogP contribution >= 0.6 is 0 Å². The van der Waals surface area contributed by atoms with Gasteiger partial charge in [-0.3, -0.25) is 9.59 Å². The van der Waals surface area contributed by atoms with E-state index < -0.39 is 5.92 Å². The third-order valence-electron chi connectivity index (χ3n) is 3.76. The van der Waals surface area contributed by atoms with Crippen LogP contribution in [0.5, 0.6) is 5.75 Å². The van der Waals surface area contributed by atoms with Crippen LogP contribution < -0.4 is 15.9 Å². The number of hydroxylamine groups is 1. The van der Waals surface area contributed by atoms with Gasteiger partial charge in [0.05, 0.1) is 5.52 Å². The first-order chi connectivity index (χ1) is 10.8. The maximum Gasteiger partial charge on any atom is 0.269 e. The Morgan fingerprint density at radius 1 is 1.00 bits per heavy atom. The van der Waals surface area contributed by atoms with Gasteiger partial charge in [0.25, 0.3) is 11.5 Å². The number of aromatic amines is 1. The molecule has 1 atom stereocenters. The molecule has 3 aromatic rings. The van der Waals surface area contributed by atoms with E-state index in [1.807, 2.05) is 24.3 Å². The van der Waals surface area contributed by atoms with Crippen LogP contribution in [-0.2, 0) is 4.79 Å². The summed E-state index contributed by atoms with van der Waals surface area (Å²) in [6.45, 7) is 0. The van der Waals surface area contributed by atoms with E-state index in [0.717, 1.165) is 0 Å². The van der Waals surface area contributed by atoms with Gasteiger partial charge in [-0.05, 0) is 12.1 Å². The smallest absolute Gasteiger partial charge is 0.269 e. The van der Waals surface area contributed by atoms with Crippen LogP contribution in [0.15, 0.2) is 53.3 Å². The quantitative estimate of drug-likeness (QED) is 0.711. The number of hydrogen-bond donors (Lipinski definition) is 2. The highest BCUT2D eigenvalue weighted by Gasteiger charge is 2.33. The van der Waals surface area contributed by atoms with E-state index in [4.69, 9.17) is 4.84 Å². The lowest BCUT2D eigenvalue weighted by Crippen LogP contribution is -2.39. The molecule has 1 aliphatic rings. The van der Waals surface area contributed by atoms with E-state index in [2.05, 4.69) is 15.7 Å². The molecule has 0 radical (unpaired) electrons. The standard InChI is InChI=1S/C16H11N3O3/c20-15-13(9-5-1-3-7-11(9)17-18-15)14-10-6-2-4-8-12(10)22-19-16(14)21/h1-8,14H,(H,18,20)(H,19,21). The number of carbonyl (C=O) groups is 1. The second-order valence-electron chi connectivity index (χ2n) is 5.02. The van der Waals surface area contributed by atoms with Crippen molar-refractivity contribution in [2.24, 2.45) is 0 Å². The number of rotatable bonds is 1. The van der Waals surface area contributed by atoms with Crippen molar-refractivity contribution < 1.29 is 9.63 Å². The molecule has 0 saturated heterocycles. The van der Waals surface area contributed by atoms with Crippen LogP contribution in [0.4, 0.5) is 0 Å². The molecule has 6 nitrogen and oxygen atoms in total. The largest absolute Gasteiger partial charge is 0.379 e. The molecule has 108 valence electrons. The minimum Gasteiger partial charge on any atom is -0.379 e. The zero-order valence-electron chi connectivity index (χ0n) is 11.4. The predicted octanol–water partition coefficient (Wildman–Crippen LogP) is 1.48.